The third-order valence-electron chi connectivity index (χ3n) is 4.09. The number of carbonyl (C=O) groups excluding carboxylic acids is 2. The number of alkyl carbamates (subject to hydrolysis) is 1. The summed E-state index contributed by atoms with van der Waals surface area (Å²) in [7, 11) is 0. The van der Waals surface area contributed by atoms with Crippen molar-refractivity contribution in [2.24, 2.45) is 0 Å². The first kappa shape index (κ1) is 18.0. The molecule has 1 aliphatic rings. The number of nitrogens with zero attached hydrogens (tertiary/aromatic N) is 2. The summed E-state index contributed by atoms with van der Waals surface area (Å²) in [5.74, 6) is 0.985. The maximum atomic E-state index is 12.0. The second-order valence-electron chi connectivity index (χ2n) is 6.86. The second kappa shape index (κ2) is 7.59. The lowest BCUT2D eigenvalue weighted by Gasteiger charge is -2.33. The molecule has 2 amide bonds. The number of nitrogens with one attached hydrogen (secondary N) is 3. The van der Waals surface area contributed by atoms with Crippen LogP contribution >= 0.6 is 0 Å². The number of H-pyrrole nitrogens is 1. The van der Waals surface area contributed by atoms with Crippen LogP contribution in [0.4, 0.5) is 10.6 Å². The fourth-order valence-electron chi connectivity index (χ4n) is 2.79. The average Bonchev–Trinajstić information content (AvgIpc) is 3.11. The molecule has 0 radical (unpaired) electrons. The van der Waals surface area contributed by atoms with Gasteiger partial charge in [0.25, 0.3) is 0 Å². The van der Waals surface area contributed by atoms with E-state index in [1.165, 1.54) is 0 Å². The van der Waals surface area contributed by atoms with Crippen molar-refractivity contribution >= 4 is 17.8 Å². The zero-order chi connectivity index (χ0) is 18.7. The molecule has 3 N–H and O–H groups in total. The van der Waals surface area contributed by atoms with Crippen molar-refractivity contribution in [3.63, 3.8) is 0 Å². The molecule has 2 aromatic rings. The van der Waals surface area contributed by atoms with Gasteiger partial charge in [0.1, 0.15) is 11.9 Å². The zero-order valence-corrected chi connectivity index (χ0v) is 15.0. The number of carbonyl (C=O) groups is 2. The maximum Gasteiger partial charge on any atom is 0.407 e. The van der Waals surface area contributed by atoms with Crippen molar-refractivity contribution in [2.45, 2.75) is 58.1 Å². The Morgan fingerprint density at radius 2 is 2.15 bits per heavy atom. The molecule has 1 aliphatic carbocycles. The van der Waals surface area contributed by atoms with E-state index in [0.717, 1.165) is 24.2 Å². The lowest BCUT2D eigenvalue weighted by molar-refractivity contribution is -0.115. The highest BCUT2D eigenvalue weighted by atomic mass is 16.6. The fourth-order valence-corrected chi connectivity index (χ4v) is 2.79. The Morgan fingerprint density at radius 3 is 2.81 bits per heavy atom. The molecule has 140 valence electrons. The van der Waals surface area contributed by atoms with Gasteiger partial charge in [-0.05, 0) is 33.6 Å². The van der Waals surface area contributed by atoms with Gasteiger partial charge in [0, 0.05) is 29.8 Å². The van der Waals surface area contributed by atoms with E-state index in [1.54, 1.807) is 19.1 Å². The molecule has 9 nitrogen and oxygen atoms in total. The lowest BCUT2D eigenvalue weighted by atomic mass is 9.80. The smallest absolute Gasteiger partial charge is 0.407 e. The van der Waals surface area contributed by atoms with E-state index in [4.69, 9.17) is 9.26 Å². The van der Waals surface area contributed by atoms with Crippen molar-refractivity contribution in [3.05, 3.63) is 29.3 Å². The van der Waals surface area contributed by atoms with Crippen LogP contribution in [0.25, 0.3) is 0 Å². The summed E-state index contributed by atoms with van der Waals surface area (Å²) < 4.78 is 10.3. The van der Waals surface area contributed by atoms with E-state index in [0.29, 0.717) is 11.6 Å². The molecule has 0 aromatic carbocycles. The van der Waals surface area contributed by atoms with Crippen LogP contribution in [0.5, 0.6) is 0 Å². The molecule has 0 aliphatic heterocycles. The van der Waals surface area contributed by atoms with E-state index in [1.807, 2.05) is 13.8 Å². The van der Waals surface area contributed by atoms with Crippen LogP contribution in [-0.4, -0.2) is 39.5 Å². The van der Waals surface area contributed by atoms with Gasteiger partial charge in [0.15, 0.2) is 5.82 Å². The van der Waals surface area contributed by atoms with Crippen molar-refractivity contribution in [2.75, 3.05) is 5.32 Å². The van der Waals surface area contributed by atoms with E-state index in [9.17, 15) is 9.59 Å². The summed E-state index contributed by atoms with van der Waals surface area (Å²) in [6.07, 6.45) is 1.10. The van der Waals surface area contributed by atoms with Crippen LogP contribution in [-0.2, 0) is 16.0 Å². The number of ether oxygens (including phenoxy) is 1. The summed E-state index contributed by atoms with van der Waals surface area (Å²) in [6, 6.07) is 3.58. The molecule has 0 bridgehead atoms. The van der Waals surface area contributed by atoms with Crippen LogP contribution < -0.4 is 10.6 Å². The predicted octanol–water partition coefficient (Wildman–Crippen LogP) is 2.27. The van der Waals surface area contributed by atoms with Crippen LogP contribution in [0.3, 0.4) is 0 Å². The van der Waals surface area contributed by atoms with E-state index >= 15 is 0 Å². The molecule has 2 aromatic heterocycles. The molecule has 0 spiro atoms. The summed E-state index contributed by atoms with van der Waals surface area (Å²) in [5, 5.41) is 16.2. The van der Waals surface area contributed by atoms with Gasteiger partial charge >= 0.3 is 6.09 Å². The highest BCUT2D eigenvalue weighted by Gasteiger charge is 2.34. The standard InChI is InChI=1S/C17H23N5O4/c1-9(2)18-17(24)25-12-5-11(6-12)14-8-15(21-20-14)19-16(23)7-13-4-10(3)22-26-13/h4,8-9,11-12H,5-7H2,1-3H3,(H,18,24)(H2,19,20,21,23). The van der Waals surface area contributed by atoms with Crippen molar-refractivity contribution in [3.8, 4) is 0 Å². The number of amides is 2. The van der Waals surface area contributed by atoms with Gasteiger partial charge in [-0.2, -0.15) is 5.10 Å². The number of anilines is 1. The molecular formula is C17H23N5O4. The van der Waals surface area contributed by atoms with Crippen molar-refractivity contribution in [1.29, 1.82) is 0 Å². The molecule has 0 unspecified atom stereocenters. The Hall–Kier alpha value is -2.84. The van der Waals surface area contributed by atoms with Gasteiger partial charge < -0.3 is 19.9 Å². The normalized spacial score (nSPS) is 19.1. The van der Waals surface area contributed by atoms with Crippen LogP contribution in [0.2, 0.25) is 0 Å². The quantitative estimate of drug-likeness (QED) is 0.725. The van der Waals surface area contributed by atoms with E-state index in [-0.39, 0.29) is 36.5 Å². The van der Waals surface area contributed by atoms with Gasteiger partial charge in [-0.15, -0.1) is 0 Å². The average molecular weight is 361 g/mol. The van der Waals surface area contributed by atoms with Crippen LogP contribution in [0, 0.1) is 6.92 Å². The minimum Gasteiger partial charge on any atom is -0.446 e. The number of hydrogen-bond acceptors (Lipinski definition) is 6. The third kappa shape index (κ3) is 4.62. The molecular weight excluding hydrogens is 338 g/mol. The molecule has 26 heavy (non-hydrogen) atoms. The topological polar surface area (TPSA) is 122 Å². The molecule has 0 atom stereocenters. The Morgan fingerprint density at radius 1 is 1.38 bits per heavy atom. The lowest BCUT2D eigenvalue weighted by Crippen LogP contribution is -2.38. The molecule has 1 fully saturated rings. The number of hydrogen-bond donors (Lipinski definition) is 3. The van der Waals surface area contributed by atoms with Crippen LogP contribution in [0.15, 0.2) is 16.7 Å². The molecule has 9 heteroatoms. The Bertz CT molecular complexity index is 776. The zero-order valence-electron chi connectivity index (χ0n) is 15.0. The van der Waals surface area contributed by atoms with E-state index < -0.39 is 0 Å². The Kier molecular flexibility index (Phi) is 5.24. The van der Waals surface area contributed by atoms with Crippen molar-refractivity contribution < 1.29 is 18.8 Å². The largest absolute Gasteiger partial charge is 0.446 e. The fraction of sp³-hybridized carbons (Fsp3) is 0.529. The summed E-state index contributed by atoms with van der Waals surface area (Å²) in [5.41, 5.74) is 1.65. The van der Waals surface area contributed by atoms with E-state index in [2.05, 4.69) is 26.0 Å². The first-order valence-electron chi connectivity index (χ1n) is 8.63. The highest BCUT2D eigenvalue weighted by Crippen LogP contribution is 2.38. The number of aromatic nitrogens is 3. The first-order chi connectivity index (χ1) is 12.4. The molecule has 1 saturated carbocycles. The predicted molar refractivity (Wildman–Crippen MR) is 92.7 cm³/mol. The maximum absolute atomic E-state index is 12.0. The summed E-state index contributed by atoms with van der Waals surface area (Å²) >= 11 is 0. The number of aromatic amines is 1. The van der Waals surface area contributed by atoms with Crippen molar-refractivity contribution in [1.82, 2.24) is 20.7 Å². The Labute approximate surface area is 150 Å². The second-order valence-corrected chi connectivity index (χ2v) is 6.86. The summed E-state index contributed by atoms with van der Waals surface area (Å²) in [6.45, 7) is 5.57. The molecule has 3 rings (SSSR count). The van der Waals surface area contributed by atoms with Gasteiger partial charge in [0.2, 0.25) is 5.91 Å². The first-order valence-corrected chi connectivity index (χ1v) is 8.63. The summed E-state index contributed by atoms with van der Waals surface area (Å²) in [4.78, 5) is 23.6. The van der Waals surface area contributed by atoms with Gasteiger partial charge in [-0.1, -0.05) is 5.16 Å². The third-order valence-corrected chi connectivity index (χ3v) is 4.09. The molecule has 2 heterocycles. The monoisotopic (exact) mass is 361 g/mol. The SMILES string of the molecule is Cc1cc(CC(=O)Nc2cc(C3CC(OC(=O)NC(C)C)C3)[nH]n2)on1. The highest BCUT2D eigenvalue weighted by molar-refractivity contribution is 5.91. The Balaban J connectivity index is 1.44. The minimum absolute atomic E-state index is 0.0537. The van der Waals surface area contributed by atoms with Gasteiger partial charge in [-0.3, -0.25) is 9.89 Å². The van der Waals surface area contributed by atoms with Crippen LogP contribution in [0.1, 0.15) is 49.8 Å². The minimum atomic E-state index is -0.385. The van der Waals surface area contributed by atoms with Gasteiger partial charge in [-0.25, -0.2) is 4.79 Å². The number of rotatable bonds is 6. The number of aryl methyl sites for hydroxylation is 1. The molecule has 0 saturated heterocycles. The van der Waals surface area contributed by atoms with Gasteiger partial charge in [0.05, 0.1) is 12.1 Å².